The standard InChI is InChI=1S/C14H15BrN4/c1-9-16-13(18-11-5-6-11)8-14(17-9)19-12-4-2-3-10(15)7-12/h2-4,7-8,11H,5-6H2,1H3,(H2,16,17,18,19). The van der Waals surface area contributed by atoms with Gasteiger partial charge < -0.3 is 10.6 Å². The number of nitrogens with zero attached hydrogens (tertiary/aromatic N) is 2. The van der Waals surface area contributed by atoms with Gasteiger partial charge in [-0.15, -0.1) is 0 Å². The van der Waals surface area contributed by atoms with E-state index in [0.29, 0.717) is 6.04 Å². The van der Waals surface area contributed by atoms with Gasteiger partial charge in [-0.2, -0.15) is 0 Å². The Morgan fingerprint density at radius 1 is 1.16 bits per heavy atom. The Labute approximate surface area is 120 Å². The molecule has 1 aromatic carbocycles. The first-order valence-corrected chi connectivity index (χ1v) is 7.13. The molecule has 19 heavy (non-hydrogen) atoms. The van der Waals surface area contributed by atoms with Gasteiger partial charge in [0, 0.05) is 22.3 Å². The van der Waals surface area contributed by atoms with Gasteiger partial charge in [0.2, 0.25) is 0 Å². The van der Waals surface area contributed by atoms with Crippen LogP contribution in [-0.2, 0) is 0 Å². The average molecular weight is 319 g/mol. The van der Waals surface area contributed by atoms with Crippen LogP contribution in [0.3, 0.4) is 0 Å². The van der Waals surface area contributed by atoms with Crippen molar-refractivity contribution < 1.29 is 0 Å². The Kier molecular flexibility index (Phi) is 3.38. The molecule has 0 aliphatic heterocycles. The monoisotopic (exact) mass is 318 g/mol. The lowest BCUT2D eigenvalue weighted by molar-refractivity contribution is 1.02. The van der Waals surface area contributed by atoms with Gasteiger partial charge in [-0.25, -0.2) is 9.97 Å². The molecule has 0 amide bonds. The number of anilines is 3. The first-order chi connectivity index (χ1) is 9.19. The Morgan fingerprint density at radius 3 is 2.68 bits per heavy atom. The summed E-state index contributed by atoms with van der Waals surface area (Å²) in [6.45, 7) is 1.91. The van der Waals surface area contributed by atoms with Gasteiger partial charge in [-0.3, -0.25) is 0 Å². The van der Waals surface area contributed by atoms with Crippen molar-refractivity contribution in [2.75, 3.05) is 10.6 Å². The van der Waals surface area contributed by atoms with Crippen LogP contribution in [-0.4, -0.2) is 16.0 Å². The van der Waals surface area contributed by atoms with Crippen molar-refractivity contribution in [1.82, 2.24) is 9.97 Å². The predicted octanol–water partition coefficient (Wildman–Crippen LogP) is 3.87. The molecule has 0 bridgehead atoms. The zero-order valence-corrected chi connectivity index (χ0v) is 12.2. The first-order valence-electron chi connectivity index (χ1n) is 6.34. The molecule has 98 valence electrons. The van der Waals surface area contributed by atoms with Gasteiger partial charge in [0.25, 0.3) is 0 Å². The van der Waals surface area contributed by atoms with Crippen LogP contribution >= 0.6 is 15.9 Å². The number of nitrogens with one attached hydrogen (secondary N) is 2. The summed E-state index contributed by atoms with van der Waals surface area (Å²) in [4.78, 5) is 8.81. The summed E-state index contributed by atoms with van der Waals surface area (Å²) in [5.41, 5.74) is 1.00. The zero-order chi connectivity index (χ0) is 13.2. The summed E-state index contributed by atoms with van der Waals surface area (Å²) in [6.07, 6.45) is 2.47. The summed E-state index contributed by atoms with van der Waals surface area (Å²) in [5.74, 6) is 2.48. The van der Waals surface area contributed by atoms with Crippen LogP contribution in [0.2, 0.25) is 0 Å². The van der Waals surface area contributed by atoms with Crippen LogP contribution in [0.4, 0.5) is 17.3 Å². The summed E-state index contributed by atoms with van der Waals surface area (Å²) >= 11 is 3.46. The van der Waals surface area contributed by atoms with Gasteiger partial charge in [0.15, 0.2) is 0 Å². The van der Waals surface area contributed by atoms with Crippen LogP contribution in [0, 0.1) is 6.92 Å². The highest BCUT2D eigenvalue weighted by Gasteiger charge is 2.21. The number of rotatable bonds is 4. The van der Waals surface area contributed by atoms with E-state index < -0.39 is 0 Å². The Bertz CT molecular complexity index is 596. The number of aryl methyl sites for hydroxylation is 1. The fourth-order valence-electron chi connectivity index (χ4n) is 1.86. The van der Waals surface area contributed by atoms with E-state index in [2.05, 4.69) is 36.5 Å². The molecule has 4 nitrogen and oxygen atoms in total. The molecule has 5 heteroatoms. The van der Waals surface area contributed by atoms with Crippen molar-refractivity contribution >= 4 is 33.3 Å². The molecular formula is C14H15BrN4. The van der Waals surface area contributed by atoms with E-state index in [0.717, 1.165) is 27.6 Å². The van der Waals surface area contributed by atoms with Gasteiger partial charge in [-0.05, 0) is 38.0 Å². The van der Waals surface area contributed by atoms with Gasteiger partial charge in [0.05, 0.1) is 0 Å². The lowest BCUT2D eigenvalue weighted by Gasteiger charge is -2.09. The predicted molar refractivity (Wildman–Crippen MR) is 80.8 cm³/mol. The van der Waals surface area contributed by atoms with Crippen LogP contribution in [0.25, 0.3) is 0 Å². The summed E-state index contributed by atoms with van der Waals surface area (Å²) in [7, 11) is 0. The molecule has 2 aromatic rings. The van der Waals surface area contributed by atoms with Crippen LogP contribution < -0.4 is 10.6 Å². The van der Waals surface area contributed by atoms with E-state index >= 15 is 0 Å². The largest absolute Gasteiger partial charge is 0.367 e. The number of hydrogen-bond acceptors (Lipinski definition) is 4. The quantitative estimate of drug-likeness (QED) is 0.898. The highest BCUT2D eigenvalue weighted by molar-refractivity contribution is 9.10. The molecule has 0 radical (unpaired) electrons. The minimum absolute atomic E-state index is 0.591. The van der Waals surface area contributed by atoms with Gasteiger partial charge in [0.1, 0.15) is 17.5 Å². The molecule has 0 spiro atoms. The molecule has 0 atom stereocenters. The van der Waals surface area contributed by atoms with Crippen LogP contribution in [0.1, 0.15) is 18.7 Å². The third-order valence-corrected chi connectivity index (χ3v) is 3.36. The molecule has 3 rings (SSSR count). The van der Waals surface area contributed by atoms with Gasteiger partial charge >= 0.3 is 0 Å². The molecule has 1 heterocycles. The fourth-order valence-corrected chi connectivity index (χ4v) is 2.26. The molecule has 1 aliphatic carbocycles. The maximum atomic E-state index is 4.41. The Hall–Kier alpha value is -1.62. The topological polar surface area (TPSA) is 49.8 Å². The Balaban J connectivity index is 1.81. The number of hydrogen-bond donors (Lipinski definition) is 2. The molecule has 1 aliphatic rings. The normalized spacial score (nSPS) is 14.2. The molecule has 1 saturated carbocycles. The minimum Gasteiger partial charge on any atom is -0.367 e. The van der Waals surface area contributed by atoms with E-state index in [1.165, 1.54) is 12.8 Å². The summed E-state index contributed by atoms with van der Waals surface area (Å²) in [5, 5.41) is 6.69. The van der Waals surface area contributed by atoms with E-state index in [-0.39, 0.29) is 0 Å². The van der Waals surface area contributed by atoms with E-state index in [1.54, 1.807) is 0 Å². The van der Waals surface area contributed by atoms with E-state index in [4.69, 9.17) is 0 Å². The average Bonchev–Trinajstić information content (AvgIpc) is 3.12. The smallest absolute Gasteiger partial charge is 0.136 e. The molecule has 1 aromatic heterocycles. The maximum absolute atomic E-state index is 4.41. The highest BCUT2D eigenvalue weighted by atomic mass is 79.9. The molecule has 0 unspecified atom stereocenters. The number of benzene rings is 1. The van der Waals surface area contributed by atoms with Crippen LogP contribution in [0.15, 0.2) is 34.8 Å². The molecule has 2 N–H and O–H groups in total. The zero-order valence-electron chi connectivity index (χ0n) is 10.7. The van der Waals surface area contributed by atoms with Crippen molar-refractivity contribution in [1.29, 1.82) is 0 Å². The fraction of sp³-hybridized carbons (Fsp3) is 0.286. The lowest BCUT2D eigenvalue weighted by atomic mass is 10.3. The van der Waals surface area contributed by atoms with Crippen molar-refractivity contribution in [2.24, 2.45) is 0 Å². The second kappa shape index (κ2) is 5.17. The number of halogens is 1. The molecule has 0 saturated heterocycles. The maximum Gasteiger partial charge on any atom is 0.136 e. The second-order valence-electron chi connectivity index (χ2n) is 4.74. The molecular weight excluding hydrogens is 304 g/mol. The highest BCUT2D eigenvalue weighted by Crippen LogP contribution is 2.25. The van der Waals surface area contributed by atoms with Crippen molar-refractivity contribution in [3.63, 3.8) is 0 Å². The first kappa shape index (κ1) is 12.4. The van der Waals surface area contributed by atoms with Crippen molar-refractivity contribution in [3.8, 4) is 0 Å². The Morgan fingerprint density at radius 2 is 1.95 bits per heavy atom. The SMILES string of the molecule is Cc1nc(Nc2cccc(Br)c2)cc(NC2CC2)n1. The van der Waals surface area contributed by atoms with Crippen LogP contribution in [0.5, 0.6) is 0 Å². The summed E-state index contributed by atoms with van der Waals surface area (Å²) in [6, 6.07) is 10.6. The van der Waals surface area contributed by atoms with Crippen molar-refractivity contribution in [3.05, 3.63) is 40.6 Å². The van der Waals surface area contributed by atoms with E-state index in [9.17, 15) is 0 Å². The third-order valence-electron chi connectivity index (χ3n) is 2.86. The third kappa shape index (κ3) is 3.44. The second-order valence-corrected chi connectivity index (χ2v) is 5.66. The summed E-state index contributed by atoms with van der Waals surface area (Å²) < 4.78 is 1.04. The molecule has 1 fully saturated rings. The number of aromatic nitrogens is 2. The van der Waals surface area contributed by atoms with Crippen molar-refractivity contribution in [2.45, 2.75) is 25.8 Å². The van der Waals surface area contributed by atoms with Gasteiger partial charge in [-0.1, -0.05) is 22.0 Å². The minimum atomic E-state index is 0.591. The van der Waals surface area contributed by atoms with E-state index in [1.807, 2.05) is 37.3 Å². The lowest BCUT2D eigenvalue weighted by Crippen LogP contribution is -2.06.